The molecule has 0 saturated carbocycles. The normalized spacial score (nSPS) is 11.0. The molecule has 6 heteroatoms. The fourth-order valence-corrected chi connectivity index (χ4v) is 2.80. The zero-order chi connectivity index (χ0) is 17.2. The number of aromatic nitrogens is 1. The van der Waals surface area contributed by atoms with Crippen molar-refractivity contribution in [2.24, 2.45) is 5.10 Å². The summed E-state index contributed by atoms with van der Waals surface area (Å²) in [6.07, 6.45) is 6.49. The van der Waals surface area contributed by atoms with Crippen molar-refractivity contribution in [3.05, 3.63) is 34.8 Å². The number of hydrogen-bond acceptors (Lipinski definition) is 6. The lowest BCUT2D eigenvalue weighted by atomic mass is 10.2. The Bertz CT molecular complexity index is 655. The van der Waals surface area contributed by atoms with Crippen LogP contribution in [0, 0.1) is 6.92 Å². The van der Waals surface area contributed by atoms with E-state index in [9.17, 15) is 0 Å². The van der Waals surface area contributed by atoms with E-state index >= 15 is 0 Å². The third-order valence-electron chi connectivity index (χ3n) is 3.44. The number of aryl methyl sites for hydroxylation is 1. The Kier molecular flexibility index (Phi) is 7.55. The van der Waals surface area contributed by atoms with Gasteiger partial charge in [-0.1, -0.05) is 26.2 Å². The van der Waals surface area contributed by atoms with E-state index in [-0.39, 0.29) is 0 Å². The van der Waals surface area contributed by atoms with Crippen LogP contribution in [0.2, 0.25) is 0 Å². The van der Waals surface area contributed by atoms with Crippen molar-refractivity contribution in [1.82, 2.24) is 4.98 Å². The number of hydrogen-bond donors (Lipinski definition) is 1. The molecule has 0 bridgehead atoms. The Morgan fingerprint density at radius 3 is 2.83 bits per heavy atom. The predicted octanol–water partition coefficient (Wildman–Crippen LogP) is 4.87. The molecule has 0 unspecified atom stereocenters. The van der Waals surface area contributed by atoms with E-state index in [2.05, 4.69) is 22.4 Å². The largest absolute Gasteiger partial charge is 0.493 e. The van der Waals surface area contributed by atoms with Crippen LogP contribution in [0.15, 0.2) is 28.7 Å². The summed E-state index contributed by atoms with van der Waals surface area (Å²) in [5, 5.41) is 6.96. The molecule has 2 rings (SSSR count). The molecule has 130 valence electrons. The second-order valence-electron chi connectivity index (χ2n) is 5.48. The van der Waals surface area contributed by atoms with Crippen LogP contribution in [0.1, 0.15) is 43.9 Å². The molecular weight excluding hydrogens is 322 g/mol. The highest BCUT2D eigenvalue weighted by Crippen LogP contribution is 2.28. The summed E-state index contributed by atoms with van der Waals surface area (Å²) >= 11 is 1.53. The van der Waals surface area contributed by atoms with Crippen LogP contribution < -0.4 is 14.9 Å². The van der Waals surface area contributed by atoms with Gasteiger partial charge in [0.05, 0.1) is 25.6 Å². The van der Waals surface area contributed by atoms with Crippen LogP contribution in [-0.4, -0.2) is 24.9 Å². The summed E-state index contributed by atoms with van der Waals surface area (Å²) in [6.45, 7) is 4.88. The SMILES string of the molecule is CCCCCCOc1ccc(C=NNc2nc(C)cs2)cc1OC. The van der Waals surface area contributed by atoms with Gasteiger partial charge in [-0.25, -0.2) is 4.98 Å². The second kappa shape index (κ2) is 9.93. The third kappa shape index (κ3) is 5.85. The van der Waals surface area contributed by atoms with E-state index < -0.39 is 0 Å². The molecule has 0 aliphatic carbocycles. The van der Waals surface area contributed by atoms with Gasteiger partial charge in [-0.3, -0.25) is 5.43 Å². The molecule has 1 N–H and O–H groups in total. The van der Waals surface area contributed by atoms with Crippen LogP contribution in [0.4, 0.5) is 5.13 Å². The zero-order valence-electron chi connectivity index (χ0n) is 14.5. The Morgan fingerprint density at radius 1 is 1.25 bits per heavy atom. The van der Waals surface area contributed by atoms with Gasteiger partial charge in [-0.15, -0.1) is 11.3 Å². The number of benzene rings is 1. The summed E-state index contributed by atoms with van der Waals surface area (Å²) in [4.78, 5) is 4.29. The van der Waals surface area contributed by atoms with Crippen molar-refractivity contribution < 1.29 is 9.47 Å². The van der Waals surface area contributed by atoms with Crippen molar-refractivity contribution in [2.75, 3.05) is 19.1 Å². The number of unbranched alkanes of at least 4 members (excludes halogenated alkanes) is 3. The minimum atomic E-state index is 0.717. The first-order chi connectivity index (χ1) is 11.7. The topological polar surface area (TPSA) is 55.7 Å². The van der Waals surface area contributed by atoms with Gasteiger partial charge in [-0.2, -0.15) is 5.10 Å². The minimum Gasteiger partial charge on any atom is -0.493 e. The maximum atomic E-state index is 5.81. The quantitative estimate of drug-likeness (QED) is 0.379. The summed E-state index contributed by atoms with van der Waals surface area (Å²) in [7, 11) is 1.65. The molecule has 0 atom stereocenters. The Hall–Kier alpha value is -2.08. The monoisotopic (exact) mass is 347 g/mol. The van der Waals surface area contributed by atoms with E-state index in [1.165, 1.54) is 30.6 Å². The van der Waals surface area contributed by atoms with Crippen molar-refractivity contribution in [1.29, 1.82) is 0 Å². The molecule has 0 aliphatic heterocycles. The smallest absolute Gasteiger partial charge is 0.203 e. The number of anilines is 1. The highest BCUT2D eigenvalue weighted by molar-refractivity contribution is 7.13. The van der Waals surface area contributed by atoms with E-state index in [1.807, 2.05) is 30.5 Å². The lowest BCUT2D eigenvalue weighted by molar-refractivity contribution is 0.285. The van der Waals surface area contributed by atoms with Crippen LogP contribution in [0.25, 0.3) is 0 Å². The lowest BCUT2D eigenvalue weighted by Crippen LogP contribution is -2.00. The number of hydrazone groups is 1. The number of rotatable bonds is 10. The summed E-state index contributed by atoms with van der Waals surface area (Å²) in [5.41, 5.74) is 4.85. The molecule has 5 nitrogen and oxygen atoms in total. The standard InChI is InChI=1S/C18H25N3O2S/c1-4-5-6-7-10-23-16-9-8-15(11-17(16)22-3)12-19-21-18-20-14(2)13-24-18/h8-9,11-13H,4-7,10H2,1-3H3,(H,20,21). The van der Waals surface area contributed by atoms with Gasteiger partial charge in [0, 0.05) is 5.38 Å². The highest BCUT2D eigenvalue weighted by Gasteiger charge is 2.05. The number of methoxy groups -OCH3 is 1. The molecule has 0 fully saturated rings. The number of nitrogens with one attached hydrogen (secondary N) is 1. The van der Waals surface area contributed by atoms with Gasteiger partial charge < -0.3 is 9.47 Å². The maximum Gasteiger partial charge on any atom is 0.203 e. The average Bonchev–Trinajstić information content (AvgIpc) is 3.00. The molecule has 24 heavy (non-hydrogen) atoms. The van der Waals surface area contributed by atoms with Crippen LogP contribution in [0.5, 0.6) is 11.5 Å². The third-order valence-corrected chi connectivity index (χ3v) is 4.30. The molecule has 0 saturated heterocycles. The lowest BCUT2D eigenvalue weighted by Gasteiger charge is -2.11. The van der Waals surface area contributed by atoms with Crippen molar-refractivity contribution in [3.63, 3.8) is 0 Å². The predicted molar refractivity (Wildman–Crippen MR) is 101 cm³/mol. The Balaban J connectivity index is 1.90. The molecule has 1 aromatic heterocycles. The van der Waals surface area contributed by atoms with Gasteiger partial charge in [0.25, 0.3) is 0 Å². The molecule has 1 aromatic carbocycles. The first-order valence-corrected chi connectivity index (χ1v) is 9.13. The molecular formula is C18H25N3O2S. The summed E-state index contributed by atoms with van der Waals surface area (Å²) < 4.78 is 11.2. The fraction of sp³-hybridized carbons (Fsp3) is 0.444. The number of thiazole rings is 1. The molecule has 0 aliphatic rings. The zero-order valence-corrected chi connectivity index (χ0v) is 15.4. The molecule has 0 amide bonds. The molecule has 1 heterocycles. The Labute approximate surface area is 147 Å². The van der Waals surface area contributed by atoms with E-state index in [4.69, 9.17) is 9.47 Å². The van der Waals surface area contributed by atoms with Crippen molar-refractivity contribution >= 4 is 22.7 Å². The van der Waals surface area contributed by atoms with E-state index in [1.54, 1.807) is 13.3 Å². The van der Waals surface area contributed by atoms with Gasteiger partial charge in [0.1, 0.15) is 0 Å². The van der Waals surface area contributed by atoms with E-state index in [0.29, 0.717) is 0 Å². The highest BCUT2D eigenvalue weighted by atomic mass is 32.1. The van der Waals surface area contributed by atoms with Gasteiger partial charge >= 0.3 is 0 Å². The average molecular weight is 347 g/mol. The fourth-order valence-electron chi connectivity index (χ4n) is 2.16. The number of ether oxygens (including phenoxy) is 2. The molecule has 0 radical (unpaired) electrons. The van der Waals surface area contributed by atoms with Gasteiger partial charge in [0.2, 0.25) is 5.13 Å². The van der Waals surface area contributed by atoms with Crippen LogP contribution >= 0.6 is 11.3 Å². The van der Waals surface area contributed by atoms with Gasteiger partial charge in [-0.05, 0) is 37.1 Å². The first-order valence-electron chi connectivity index (χ1n) is 8.25. The molecule has 0 spiro atoms. The number of nitrogens with zero attached hydrogens (tertiary/aromatic N) is 2. The van der Waals surface area contributed by atoms with Gasteiger partial charge in [0.15, 0.2) is 11.5 Å². The Morgan fingerprint density at radius 2 is 2.12 bits per heavy atom. The first kappa shape index (κ1) is 18.3. The second-order valence-corrected chi connectivity index (χ2v) is 6.34. The van der Waals surface area contributed by atoms with E-state index in [0.717, 1.165) is 40.9 Å². The van der Waals surface area contributed by atoms with Crippen LogP contribution in [-0.2, 0) is 0 Å². The summed E-state index contributed by atoms with van der Waals surface area (Å²) in [6, 6.07) is 5.80. The van der Waals surface area contributed by atoms with Crippen molar-refractivity contribution in [2.45, 2.75) is 39.5 Å². The minimum absolute atomic E-state index is 0.717. The summed E-state index contributed by atoms with van der Waals surface area (Å²) in [5.74, 6) is 1.49. The maximum absolute atomic E-state index is 5.81. The van der Waals surface area contributed by atoms with Crippen LogP contribution in [0.3, 0.4) is 0 Å². The molecule has 2 aromatic rings. The van der Waals surface area contributed by atoms with Crippen molar-refractivity contribution in [3.8, 4) is 11.5 Å².